The van der Waals surface area contributed by atoms with Crippen molar-refractivity contribution in [2.75, 3.05) is 18.8 Å². The molecule has 0 aromatic carbocycles. The van der Waals surface area contributed by atoms with E-state index in [-0.39, 0.29) is 5.75 Å². The van der Waals surface area contributed by atoms with Gasteiger partial charge in [0, 0.05) is 19.5 Å². The van der Waals surface area contributed by atoms with Crippen molar-refractivity contribution in [2.45, 2.75) is 38.5 Å². The molecule has 4 nitrogen and oxygen atoms in total. The van der Waals surface area contributed by atoms with E-state index in [2.05, 4.69) is 0 Å². The molecule has 1 aliphatic heterocycles. The molecule has 1 rings (SSSR count). The van der Waals surface area contributed by atoms with Gasteiger partial charge in [-0.05, 0) is 25.7 Å². The maximum Gasteiger partial charge on any atom is 0.214 e. The van der Waals surface area contributed by atoms with E-state index in [4.69, 9.17) is 5.26 Å². The Kier molecular flexibility index (Phi) is 5.06. The smallest absolute Gasteiger partial charge is 0.212 e. The van der Waals surface area contributed by atoms with E-state index in [1.807, 2.05) is 6.07 Å². The second-order valence-corrected chi connectivity index (χ2v) is 5.98. The van der Waals surface area contributed by atoms with Crippen LogP contribution in [0.3, 0.4) is 0 Å². The number of piperidine rings is 1. The normalized spacial score (nSPS) is 18.6. The van der Waals surface area contributed by atoms with Crippen molar-refractivity contribution in [1.29, 1.82) is 5.26 Å². The highest BCUT2D eigenvalue weighted by Gasteiger charge is 2.22. The Morgan fingerprint density at radius 2 is 1.80 bits per heavy atom. The molecule has 1 saturated heterocycles. The molecule has 0 amide bonds. The highest BCUT2D eigenvalue weighted by atomic mass is 32.2. The van der Waals surface area contributed by atoms with E-state index in [1.165, 1.54) is 0 Å². The SMILES string of the molecule is N#CCCCCS(=O)(=O)N1CCCCC1. The molecule has 5 heteroatoms. The molecule has 1 aliphatic rings. The summed E-state index contributed by atoms with van der Waals surface area (Å²) in [5.41, 5.74) is 0. The summed E-state index contributed by atoms with van der Waals surface area (Å²) in [5, 5.41) is 8.33. The standard InChI is InChI=1S/C10H18N2O2S/c11-7-3-1-6-10-15(13,14)12-8-4-2-5-9-12/h1-6,8-10H2. The minimum absolute atomic E-state index is 0.203. The molecule has 0 bridgehead atoms. The van der Waals surface area contributed by atoms with Crippen molar-refractivity contribution < 1.29 is 8.42 Å². The topological polar surface area (TPSA) is 61.2 Å². The first-order chi connectivity index (χ1) is 7.17. The monoisotopic (exact) mass is 230 g/mol. The first kappa shape index (κ1) is 12.5. The number of nitriles is 1. The van der Waals surface area contributed by atoms with Gasteiger partial charge in [-0.25, -0.2) is 12.7 Å². The summed E-state index contributed by atoms with van der Waals surface area (Å²) < 4.78 is 25.2. The van der Waals surface area contributed by atoms with Gasteiger partial charge in [0.25, 0.3) is 0 Å². The van der Waals surface area contributed by atoms with Crippen molar-refractivity contribution in [3.63, 3.8) is 0 Å². The molecule has 0 radical (unpaired) electrons. The van der Waals surface area contributed by atoms with Crippen LogP contribution in [0, 0.1) is 11.3 Å². The van der Waals surface area contributed by atoms with E-state index >= 15 is 0 Å². The molecule has 0 aromatic rings. The fourth-order valence-electron chi connectivity index (χ4n) is 1.76. The second-order valence-electron chi connectivity index (χ2n) is 3.89. The maximum absolute atomic E-state index is 11.8. The first-order valence-corrected chi connectivity index (χ1v) is 7.12. The summed E-state index contributed by atoms with van der Waals surface area (Å²) in [6, 6.07) is 2.03. The predicted molar refractivity (Wildman–Crippen MR) is 58.7 cm³/mol. The van der Waals surface area contributed by atoms with Crippen LogP contribution in [0.25, 0.3) is 0 Å². The Morgan fingerprint density at radius 1 is 1.13 bits per heavy atom. The fourth-order valence-corrected chi connectivity index (χ4v) is 3.40. The number of rotatable bonds is 5. The Hall–Kier alpha value is -0.600. The largest absolute Gasteiger partial charge is 0.214 e. The summed E-state index contributed by atoms with van der Waals surface area (Å²) >= 11 is 0. The van der Waals surface area contributed by atoms with Crippen LogP contribution in [0.5, 0.6) is 0 Å². The molecule has 86 valence electrons. The lowest BCUT2D eigenvalue weighted by Crippen LogP contribution is -2.37. The van der Waals surface area contributed by atoms with Gasteiger partial charge in [0.1, 0.15) is 0 Å². The number of sulfonamides is 1. The molecule has 0 N–H and O–H groups in total. The molecule has 0 spiro atoms. The van der Waals surface area contributed by atoms with Gasteiger partial charge in [-0.1, -0.05) is 6.42 Å². The summed E-state index contributed by atoms with van der Waals surface area (Å²) in [6.45, 7) is 1.36. The van der Waals surface area contributed by atoms with Gasteiger partial charge >= 0.3 is 0 Å². The van der Waals surface area contributed by atoms with Crippen LogP contribution in [-0.2, 0) is 10.0 Å². The third kappa shape index (κ3) is 4.18. The van der Waals surface area contributed by atoms with Gasteiger partial charge in [-0.15, -0.1) is 0 Å². The first-order valence-electron chi connectivity index (χ1n) is 5.51. The van der Waals surface area contributed by atoms with E-state index in [1.54, 1.807) is 4.31 Å². The highest BCUT2D eigenvalue weighted by molar-refractivity contribution is 7.89. The van der Waals surface area contributed by atoms with Crippen molar-refractivity contribution >= 4 is 10.0 Å². The van der Waals surface area contributed by atoms with Crippen LogP contribution in [0.2, 0.25) is 0 Å². The van der Waals surface area contributed by atoms with Crippen LogP contribution in [0.15, 0.2) is 0 Å². The van der Waals surface area contributed by atoms with E-state index < -0.39 is 10.0 Å². The molecule has 15 heavy (non-hydrogen) atoms. The van der Waals surface area contributed by atoms with Crippen molar-refractivity contribution in [3.05, 3.63) is 0 Å². The Labute approximate surface area is 91.9 Å². The van der Waals surface area contributed by atoms with E-state index in [0.29, 0.717) is 32.4 Å². The summed E-state index contributed by atoms with van der Waals surface area (Å²) in [6.07, 6.45) is 4.85. The molecule has 0 saturated carbocycles. The average molecular weight is 230 g/mol. The number of hydrogen-bond donors (Lipinski definition) is 0. The fraction of sp³-hybridized carbons (Fsp3) is 0.900. The zero-order chi connectivity index (χ0) is 11.1. The van der Waals surface area contributed by atoms with Crippen LogP contribution >= 0.6 is 0 Å². The average Bonchev–Trinajstić information content (AvgIpc) is 2.26. The van der Waals surface area contributed by atoms with Crippen LogP contribution in [-0.4, -0.2) is 31.6 Å². The lowest BCUT2D eigenvalue weighted by atomic mass is 10.2. The Bertz CT molecular complexity index is 313. The minimum atomic E-state index is -3.04. The molecular weight excluding hydrogens is 212 g/mol. The molecule has 0 atom stereocenters. The zero-order valence-corrected chi connectivity index (χ0v) is 9.80. The Balaban J connectivity index is 2.34. The highest BCUT2D eigenvalue weighted by Crippen LogP contribution is 2.14. The van der Waals surface area contributed by atoms with Crippen molar-refractivity contribution in [2.24, 2.45) is 0 Å². The van der Waals surface area contributed by atoms with Crippen molar-refractivity contribution in [1.82, 2.24) is 4.31 Å². The van der Waals surface area contributed by atoms with Crippen LogP contribution < -0.4 is 0 Å². The lowest BCUT2D eigenvalue weighted by molar-refractivity contribution is 0.346. The lowest BCUT2D eigenvalue weighted by Gasteiger charge is -2.25. The van der Waals surface area contributed by atoms with Crippen LogP contribution in [0.1, 0.15) is 38.5 Å². The van der Waals surface area contributed by atoms with Gasteiger partial charge in [0.2, 0.25) is 10.0 Å². The zero-order valence-electron chi connectivity index (χ0n) is 8.98. The molecule has 0 unspecified atom stereocenters. The van der Waals surface area contributed by atoms with Gasteiger partial charge in [0.15, 0.2) is 0 Å². The Morgan fingerprint density at radius 3 is 2.40 bits per heavy atom. The van der Waals surface area contributed by atoms with Crippen molar-refractivity contribution in [3.8, 4) is 6.07 Å². The van der Waals surface area contributed by atoms with E-state index in [9.17, 15) is 8.42 Å². The molecule has 1 heterocycles. The maximum atomic E-state index is 11.8. The molecular formula is C10H18N2O2S. The number of unbranched alkanes of at least 4 members (excludes halogenated alkanes) is 2. The number of nitrogens with zero attached hydrogens (tertiary/aromatic N) is 2. The van der Waals surface area contributed by atoms with Crippen LogP contribution in [0.4, 0.5) is 0 Å². The van der Waals surface area contributed by atoms with E-state index in [0.717, 1.165) is 19.3 Å². The molecule has 0 aliphatic carbocycles. The summed E-state index contributed by atoms with van der Waals surface area (Å²) in [4.78, 5) is 0. The number of hydrogen-bond acceptors (Lipinski definition) is 3. The van der Waals surface area contributed by atoms with Gasteiger partial charge in [0.05, 0.1) is 11.8 Å². The molecule has 0 aromatic heterocycles. The second kappa shape index (κ2) is 6.09. The summed E-state index contributed by atoms with van der Waals surface area (Å²) in [5.74, 6) is 0.203. The summed E-state index contributed by atoms with van der Waals surface area (Å²) in [7, 11) is -3.04. The van der Waals surface area contributed by atoms with Gasteiger partial charge in [-0.3, -0.25) is 0 Å². The third-order valence-electron chi connectivity index (χ3n) is 2.65. The quantitative estimate of drug-likeness (QED) is 0.672. The predicted octanol–water partition coefficient (Wildman–Crippen LogP) is 1.50. The van der Waals surface area contributed by atoms with Gasteiger partial charge < -0.3 is 0 Å². The minimum Gasteiger partial charge on any atom is -0.212 e. The van der Waals surface area contributed by atoms with Gasteiger partial charge in [-0.2, -0.15) is 5.26 Å². The third-order valence-corrected chi connectivity index (χ3v) is 4.61. The molecule has 1 fully saturated rings.